The number of β-amino-alcohol motifs (C(OH)–C–C–N with tert-alkyl or cyclic N) is 1. The second-order valence-electron chi connectivity index (χ2n) is 6.35. The molecule has 0 saturated carbocycles. The van der Waals surface area contributed by atoms with Crippen molar-refractivity contribution < 1.29 is 5.11 Å². The first-order valence-corrected chi connectivity index (χ1v) is 9.07. The van der Waals surface area contributed by atoms with E-state index in [9.17, 15) is 9.90 Å². The van der Waals surface area contributed by atoms with E-state index in [0.717, 1.165) is 12.0 Å². The third kappa shape index (κ3) is 3.43. The Morgan fingerprint density at radius 2 is 2.00 bits per heavy atom. The van der Waals surface area contributed by atoms with Gasteiger partial charge < -0.3 is 10.0 Å². The maximum atomic E-state index is 12.8. The van der Waals surface area contributed by atoms with Crippen LogP contribution in [-0.2, 0) is 6.54 Å². The predicted molar refractivity (Wildman–Crippen MR) is 103 cm³/mol. The summed E-state index contributed by atoms with van der Waals surface area (Å²) in [7, 11) is 0. The highest BCUT2D eigenvalue weighted by molar-refractivity contribution is 6.32. The number of hydrogen-bond acceptors (Lipinski definition) is 6. The molecule has 1 unspecified atom stereocenters. The first-order valence-electron chi connectivity index (χ1n) is 8.70. The molecule has 27 heavy (non-hydrogen) atoms. The van der Waals surface area contributed by atoms with E-state index in [2.05, 4.69) is 15.0 Å². The van der Waals surface area contributed by atoms with Gasteiger partial charge in [-0.2, -0.15) is 0 Å². The van der Waals surface area contributed by atoms with Crippen LogP contribution in [0.1, 0.15) is 18.1 Å². The normalized spacial score (nSPS) is 14.7. The van der Waals surface area contributed by atoms with Gasteiger partial charge in [0.2, 0.25) is 5.95 Å². The van der Waals surface area contributed by atoms with Crippen molar-refractivity contribution in [3.8, 4) is 11.4 Å². The van der Waals surface area contributed by atoms with E-state index in [-0.39, 0.29) is 10.6 Å². The van der Waals surface area contributed by atoms with Crippen LogP contribution in [0.4, 0.5) is 5.95 Å². The van der Waals surface area contributed by atoms with Crippen molar-refractivity contribution in [2.24, 2.45) is 0 Å². The molecule has 3 aromatic rings. The fraction of sp³-hybridized carbons (Fsp3) is 0.263. The molecule has 4 rings (SSSR count). The van der Waals surface area contributed by atoms with Crippen LogP contribution in [0.15, 0.2) is 53.7 Å². The van der Waals surface area contributed by atoms with E-state index < -0.39 is 6.10 Å². The molecule has 1 aliphatic rings. The lowest BCUT2D eigenvalue weighted by Gasteiger charge is -2.32. The van der Waals surface area contributed by atoms with Crippen molar-refractivity contribution in [3.05, 3.63) is 69.9 Å². The molecule has 7 nitrogen and oxygen atoms in total. The van der Waals surface area contributed by atoms with Crippen LogP contribution < -0.4 is 10.5 Å². The Morgan fingerprint density at radius 3 is 2.74 bits per heavy atom. The second kappa shape index (κ2) is 7.46. The monoisotopic (exact) mass is 383 g/mol. The van der Waals surface area contributed by atoms with Crippen LogP contribution in [0.2, 0.25) is 5.02 Å². The van der Waals surface area contributed by atoms with Gasteiger partial charge in [-0.05, 0) is 18.1 Å². The van der Waals surface area contributed by atoms with E-state index in [1.54, 1.807) is 16.8 Å². The fourth-order valence-electron chi connectivity index (χ4n) is 3.25. The number of aromatic nitrogens is 4. The van der Waals surface area contributed by atoms with Crippen molar-refractivity contribution in [2.45, 2.75) is 19.1 Å². The van der Waals surface area contributed by atoms with Crippen LogP contribution in [0, 0.1) is 0 Å². The Kier molecular flexibility index (Phi) is 4.87. The van der Waals surface area contributed by atoms with Crippen LogP contribution in [-0.4, -0.2) is 37.7 Å². The average Bonchev–Trinajstić information content (AvgIpc) is 2.72. The third-order valence-corrected chi connectivity index (χ3v) is 4.93. The zero-order valence-corrected chi connectivity index (χ0v) is 15.3. The Labute approximate surface area is 160 Å². The minimum atomic E-state index is -0.687. The van der Waals surface area contributed by atoms with Gasteiger partial charge in [0.15, 0.2) is 0 Å². The van der Waals surface area contributed by atoms with Gasteiger partial charge in [0.1, 0.15) is 17.0 Å². The first kappa shape index (κ1) is 17.6. The van der Waals surface area contributed by atoms with Gasteiger partial charge in [-0.1, -0.05) is 41.9 Å². The Hall–Kier alpha value is -2.77. The molecule has 0 radical (unpaired) electrons. The maximum absolute atomic E-state index is 12.8. The number of rotatable bonds is 4. The van der Waals surface area contributed by atoms with E-state index in [4.69, 9.17) is 11.6 Å². The van der Waals surface area contributed by atoms with Crippen molar-refractivity contribution in [1.82, 2.24) is 19.5 Å². The lowest BCUT2D eigenvalue weighted by atomic mass is 10.1. The quantitative estimate of drug-likeness (QED) is 0.744. The number of aliphatic hydroxyl groups is 1. The molecule has 1 atom stereocenters. The number of benzene rings is 1. The molecule has 0 spiro atoms. The molecule has 0 fully saturated rings. The molecule has 2 aromatic heterocycles. The molecule has 0 aliphatic carbocycles. The Morgan fingerprint density at radius 1 is 1.19 bits per heavy atom. The first-order chi connectivity index (χ1) is 13.1. The lowest BCUT2D eigenvalue weighted by molar-refractivity contribution is 0.181. The topological polar surface area (TPSA) is 84.1 Å². The largest absolute Gasteiger partial charge is 0.387 e. The van der Waals surface area contributed by atoms with Crippen LogP contribution in [0.25, 0.3) is 11.4 Å². The highest BCUT2D eigenvalue weighted by Crippen LogP contribution is 2.27. The summed E-state index contributed by atoms with van der Waals surface area (Å²) in [6, 6.07) is 11.1. The Bertz CT molecular complexity index is 994. The molecule has 1 aromatic carbocycles. The van der Waals surface area contributed by atoms with Gasteiger partial charge >= 0.3 is 0 Å². The number of nitrogens with zero attached hydrogens (tertiary/aromatic N) is 5. The average molecular weight is 384 g/mol. The molecule has 138 valence electrons. The van der Waals surface area contributed by atoms with E-state index in [1.165, 1.54) is 6.33 Å². The van der Waals surface area contributed by atoms with Gasteiger partial charge in [-0.25, -0.2) is 15.0 Å². The number of halogens is 1. The number of fused-ring (bicyclic) bond motifs is 1. The predicted octanol–water partition coefficient (Wildman–Crippen LogP) is 2.30. The summed E-state index contributed by atoms with van der Waals surface area (Å²) in [6.07, 6.45) is 3.06. The van der Waals surface area contributed by atoms with Crippen LogP contribution in [0.5, 0.6) is 0 Å². The van der Waals surface area contributed by atoms with Crippen molar-refractivity contribution in [3.63, 3.8) is 0 Å². The molecule has 0 saturated heterocycles. The lowest BCUT2D eigenvalue weighted by Crippen LogP contribution is -2.41. The van der Waals surface area contributed by atoms with Gasteiger partial charge in [0.25, 0.3) is 5.56 Å². The summed E-state index contributed by atoms with van der Waals surface area (Å²) in [5, 5.41) is 10.6. The molecular formula is C19H18ClN5O2. The van der Waals surface area contributed by atoms with Gasteiger partial charge in [0, 0.05) is 19.3 Å². The zero-order valence-electron chi connectivity index (χ0n) is 14.5. The van der Waals surface area contributed by atoms with Gasteiger partial charge in [-0.3, -0.25) is 9.36 Å². The van der Waals surface area contributed by atoms with Gasteiger partial charge in [-0.15, -0.1) is 0 Å². The standard InChI is InChI=1S/C19H18ClN5O2/c20-16-17(14-7-8-21-12-22-14)23-19-24(9-4-10-25(19)18(16)27)11-15(26)13-5-2-1-3-6-13/h1-3,5-8,12,15,26H,4,9-11H2. The second-order valence-corrected chi connectivity index (χ2v) is 6.73. The highest BCUT2D eigenvalue weighted by Gasteiger charge is 2.26. The highest BCUT2D eigenvalue weighted by atomic mass is 35.5. The number of aliphatic hydroxyl groups excluding tert-OH is 1. The zero-order chi connectivity index (χ0) is 18.8. The molecule has 1 N–H and O–H groups in total. The molecule has 1 aliphatic heterocycles. The molecule has 3 heterocycles. The third-order valence-electron chi connectivity index (χ3n) is 4.59. The molecule has 8 heteroatoms. The van der Waals surface area contributed by atoms with E-state index in [1.807, 2.05) is 35.2 Å². The summed E-state index contributed by atoms with van der Waals surface area (Å²) in [5.41, 5.74) is 1.34. The molecular weight excluding hydrogens is 366 g/mol. The SMILES string of the molecule is O=c1c(Cl)c(-c2ccncn2)nc2n1CCCN2CC(O)c1ccccc1. The smallest absolute Gasteiger partial charge is 0.274 e. The number of hydrogen-bond donors (Lipinski definition) is 1. The van der Waals surface area contributed by atoms with Gasteiger partial charge in [0.05, 0.1) is 18.3 Å². The molecule has 0 amide bonds. The summed E-state index contributed by atoms with van der Waals surface area (Å²) in [5.74, 6) is 0.499. The van der Waals surface area contributed by atoms with Crippen LogP contribution in [0.3, 0.4) is 0 Å². The summed E-state index contributed by atoms with van der Waals surface area (Å²) >= 11 is 6.29. The van der Waals surface area contributed by atoms with E-state index >= 15 is 0 Å². The molecule has 0 bridgehead atoms. The van der Waals surface area contributed by atoms with Crippen LogP contribution >= 0.6 is 11.6 Å². The maximum Gasteiger partial charge on any atom is 0.274 e. The Balaban J connectivity index is 1.73. The summed E-state index contributed by atoms with van der Waals surface area (Å²) in [4.78, 5) is 27.4. The van der Waals surface area contributed by atoms with Crippen molar-refractivity contribution in [2.75, 3.05) is 18.0 Å². The van der Waals surface area contributed by atoms with Crippen molar-refractivity contribution >= 4 is 17.5 Å². The summed E-state index contributed by atoms with van der Waals surface area (Å²) in [6.45, 7) is 1.57. The minimum Gasteiger partial charge on any atom is -0.387 e. The number of anilines is 1. The van der Waals surface area contributed by atoms with Crippen molar-refractivity contribution in [1.29, 1.82) is 0 Å². The minimum absolute atomic E-state index is 0.0444. The fourth-order valence-corrected chi connectivity index (χ4v) is 3.49. The summed E-state index contributed by atoms with van der Waals surface area (Å²) < 4.78 is 1.56. The van der Waals surface area contributed by atoms with E-state index in [0.29, 0.717) is 37.0 Å².